The van der Waals surface area contributed by atoms with Gasteiger partial charge in [0.2, 0.25) is 0 Å². The van der Waals surface area contributed by atoms with Gasteiger partial charge in [-0.05, 0) is 37.6 Å². The van der Waals surface area contributed by atoms with Gasteiger partial charge >= 0.3 is 6.18 Å². The van der Waals surface area contributed by atoms with Crippen LogP contribution < -0.4 is 15.7 Å². The Balaban J connectivity index is 1.87. The summed E-state index contributed by atoms with van der Waals surface area (Å²) in [4.78, 5) is 3.74. The van der Waals surface area contributed by atoms with Crippen molar-refractivity contribution in [1.82, 2.24) is 21.0 Å². The van der Waals surface area contributed by atoms with Crippen molar-refractivity contribution in [2.75, 3.05) is 13.7 Å². The maximum Gasteiger partial charge on any atom is 0.427 e. The Morgan fingerprint density at radius 2 is 2.00 bits per heavy atom. The Morgan fingerprint density at radius 3 is 2.63 bits per heavy atom. The van der Waals surface area contributed by atoms with Crippen molar-refractivity contribution in [3.8, 4) is 5.88 Å². The van der Waals surface area contributed by atoms with E-state index >= 15 is 0 Å². The Hall–Kier alpha value is -2.59. The predicted molar refractivity (Wildman–Crippen MR) is 89.1 cm³/mol. The van der Waals surface area contributed by atoms with E-state index in [9.17, 15) is 17.6 Å². The number of alkyl halides is 3. The highest BCUT2D eigenvalue weighted by Crippen LogP contribution is 2.35. The van der Waals surface area contributed by atoms with Gasteiger partial charge in [0.1, 0.15) is 0 Å². The van der Waals surface area contributed by atoms with E-state index in [1.165, 1.54) is 6.20 Å². The SMILES string of the molecule is COCC1=C2C=C(c3cnc(OC(C)(C)C(F)(F)F)c(F)c3)C=CN2NN1. The lowest BCUT2D eigenvalue weighted by molar-refractivity contribution is -0.235. The van der Waals surface area contributed by atoms with Crippen LogP contribution in [-0.4, -0.2) is 35.5 Å². The molecular formula is C17H18F4N4O2. The molecule has 0 bridgehead atoms. The highest BCUT2D eigenvalue weighted by atomic mass is 19.4. The molecule has 10 heteroatoms. The number of halogens is 4. The minimum Gasteiger partial charge on any atom is -0.460 e. The van der Waals surface area contributed by atoms with E-state index < -0.39 is 23.5 Å². The van der Waals surface area contributed by atoms with Gasteiger partial charge in [-0.2, -0.15) is 13.2 Å². The number of hydrogen-bond acceptors (Lipinski definition) is 6. The molecule has 0 amide bonds. The van der Waals surface area contributed by atoms with Gasteiger partial charge in [0.25, 0.3) is 5.88 Å². The smallest absolute Gasteiger partial charge is 0.427 e. The molecule has 0 spiro atoms. The van der Waals surface area contributed by atoms with Crippen LogP contribution >= 0.6 is 0 Å². The Labute approximate surface area is 153 Å². The molecule has 1 aromatic heterocycles. The summed E-state index contributed by atoms with van der Waals surface area (Å²) < 4.78 is 62.9. The van der Waals surface area contributed by atoms with Crippen LogP contribution in [0.5, 0.6) is 5.88 Å². The first-order chi connectivity index (χ1) is 12.6. The molecule has 6 nitrogen and oxygen atoms in total. The van der Waals surface area contributed by atoms with E-state index in [0.29, 0.717) is 17.7 Å². The van der Waals surface area contributed by atoms with E-state index in [1.807, 2.05) is 0 Å². The molecule has 3 heterocycles. The normalized spacial score (nSPS) is 17.0. The van der Waals surface area contributed by atoms with E-state index in [0.717, 1.165) is 31.3 Å². The lowest BCUT2D eigenvalue weighted by Gasteiger charge is -2.28. The number of hydrogen-bond donors (Lipinski definition) is 2. The number of nitrogens with zero attached hydrogens (tertiary/aromatic N) is 2. The van der Waals surface area contributed by atoms with Crippen molar-refractivity contribution >= 4 is 5.57 Å². The fourth-order valence-electron chi connectivity index (χ4n) is 2.41. The van der Waals surface area contributed by atoms with Crippen molar-refractivity contribution in [2.24, 2.45) is 0 Å². The molecule has 0 fully saturated rings. The van der Waals surface area contributed by atoms with Gasteiger partial charge in [-0.25, -0.2) is 9.37 Å². The third-order valence-electron chi connectivity index (χ3n) is 4.06. The van der Waals surface area contributed by atoms with Crippen molar-refractivity contribution in [1.29, 1.82) is 0 Å². The third kappa shape index (κ3) is 3.76. The van der Waals surface area contributed by atoms with Crippen LogP contribution in [0.2, 0.25) is 0 Å². The molecule has 0 saturated carbocycles. The monoisotopic (exact) mass is 386 g/mol. The number of aromatic nitrogens is 1. The number of methoxy groups -OCH3 is 1. The molecule has 2 aliphatic rings. The molecule has 27 heavy (non-hydrogen) atoms. The van der Waals surface area contributed by atoms with Crippen LogP contribution in [0.15, 0.2) is 42.0 Å². The lowest BCUT2D eigenvalue weighted by atomic mass is 10.0. The zero-order chi connectivity index (χ0) is 19.8. The summed E-state index contributed by atoms with van der Waals surface area (Å²) >= 11 is 0. The van der Waals surface area contributed by atoms with Crippen LogP contribution in [0.1, 0.15) is 19.4 Å². The predicted octanol–water partition coefficient (Wildman–Crippen LogP) is 3.03. The molecule has 2 aliphatic heterocycles. The lowest BCUT2D eigenvalue weighted by Crippen LogP contribution is -2.45. The van der Waals surface area contributed by atoms with Crippen molar-refractivity contribution < 1.29 is 27.0 Å². The Kier molecular flexibility index (Phi) is 4.87. The second-order valence-corrected chi connectivity index (χ2v) is 6.44. The Morgan fingerprint density at radius 1 is 1.26 bits per heavy atom. The van der Waals surface area contributed by atoms with E-state index in [2.05, 4.69) is 15.9 Å². The molecule has 0 aromatic carbocycles. The van der Waals surface area contributed by atoms with Crippen molar-refractivity contribution in [3.05, 3.63) is 53.4 Å². The summed E-state index contributed by atoms with van der Waals surface area (Å²) in [5.41, 5.74) is 5.88. The van der Waals surface area contributed by atoms with Gasteiger partial charge in [0.15, 0.2) is 11.4 Å². The van der Waals surface area contributed by atoms with Gasteiger partial charge in [0, 0.05) is 25.1 Å². The number of pyridine rings is 1. The summed E-state index contributed by atoms with van der Waals surface area (Å²) in [6, 6.07) is 1.09. The molecular weight excluding hydrogens is 368 g/mol. The summed E-state index contributed by atoms with van der Waals surface area (Å²) in [5, 5.41) is 1.71. The van der Waals surface area contributed by atoms with Crippen LogP contribution in [0.4, 0.5) is 17.6 Å². The van der Waals surface area contributed by atoms with Gasteiger partial charge in [-0.15, -0.1) is 5.53 Å². The maximum atomic E-state index is 14.3. The molecule has 3 rings (SSSR count). The van der Waals surface area contributed by atoms with Crippen LogP contribution in [0.3, 0.4) is 0 Å². The maximum absolute atomic E-state index is 14.3. The van der Waals surface area contributed by atoms with Gasteiger partial charge in [-0.3, -0.25) is 5.01 Å². The van der Waals surface area contributed by atoms with Crippen LogP contribution in [0.25, 0.3) is 5.57 Å². The van der Waals surface area contributed by atoms with Crippen LogP contribution in [-0.2, 0) is 4.74 Å². The number of fused-ring (bicyclic) bond motifs is 1. The zero-order valence-corrected chi connectivity index (χ0v) is 14.8. The third-order valence-corrected chi connectivity index (χ3v) is 4.06. The van der Waals surface area contributed by atoms with E-state index in [1.54, 1.807) is 30.5 Å². The molecule has 0 saturated heterocycles. The highest BCUT2D eigenvalue weighted by molar-refractivity contribution is 5.77. The molecule has 146 valence electrons. The minimum absolute atomic E-state index is 0.336. The first kappa shape index (κ1) is 19.2. The fourth-order valence-corrected chi connectivity index (χ4v) is 2.41. The second-order valence-electron chi connectivity index (χ2n) is 6.44. The second kappa shape index (κ2) is 6.86. The summed E-state index contributed by atoms with van der Waals surface area (Å²) in [5.74, 6) is -1.68. The zero-order valence-electron chi connectivity index (χ0n) is 14.8. The summed E-state index contributed by atoms with van der Waals surface area (Å²) in [6.07, 6.45) is 1.81. The van der Waals surface area contributed by atoms with Gasteiger partial charge < -0.3 is 14.9 Å². The van der Waals surface area contributed by atoms with Crippen LogP contribution in [0, 0.1) is 5.82 Å². The number of nitrogens with one attached hydrogen (secondary N) is 2. The summed E-state index contributed by atoms with van der Waals surface area (Å²) in [7, 11) is 1.56. The van der Waals surface area contributed by atoms with E-state index in [4.69, 9.17) is 9.47 Å². The van der Waals surface area contributed by atoms with Crippen molar-refractivity contribution in [2.45, 2.75) is 25.6 Å². The largest absolute Gasteiger partial charge is 0.460 e. The molecule has 0 radical (unpaired) electrons. The number of ether oxygens (including phenoxy) is 2. The van der Waals surface area contributed by atoms with Gasteiger partial charge in [-0.1, -0.05) is 0 Å². The van der Waals surface area contributed by atoms with Gasteiger partial charge in [0.05, 0.1) is 18.0 Å². The molecule has 0 aliphatic carbocycles. The number of hydrazine groups is 2. The number of allylic oxidation sites excluding steroid dienone is 3. The highest BCUT2D eigenvalue weighted by Gasteiger charge is 2.50. The number of rotatable bonds is 5. The van der Waals surface area contributed by atoms with E-state index in [-0.39, 0.29) is 0 Å². The average Bonchev–Trinajstić information content (AvgIpc) is 2.98. The standard InChI is InChI=1S/C17H18F4N4O2/c1-16(2,17(19,20)21)27-15-12(18)6-11(8-22-15)10-4-5-25-14(7-10)13(9-26-3)23-24-25/h4-8,23-24H,9H2,1-3H3. The fraction of sp³-hybridized carbons (Fsp3) is 0.353. The first-order valence-electron chi connectivity index (χ1n) is 7.97. The molecule has 1 aromatic rings. The quantitative estimate of drug-likeness (QED) is 0.759. The topological polar surface area (TPSA) is 58.7 Å². The minimum atomic E-state index is -4.66. The molecule has 0 atom stereocenters. The summed E-state index contributed by atoms with van der Waals surface area (Å²) in [6.45, 7) is 1.96. The van der Waals surface area contributed by atoms with Crippen molar-refractivity contribution in [3.63, 3.8) is 0 Å². The molecule has 2 N–H and O–H groups in total. The Bertz CT molecular complexity index is 831. The molecule has 0 unspecified atom stereocenters. The first-order valence-corrected chi connectivity index (χ1v) is 7.97. The average molecular weight is 386 g/mol.